The summed E-state index contributed by atoms with van der Waals surface area (Å²) in [5.74, 6) is 2.29. The molecule has 0 amide bonds. The standard InChI is InChI=1S/C21H23N3O3/c1-25-19-7-6-15(10-20(19)27-17-4-2-3-5-17)11-23-21-13-22-12-18(24-21)16-8-9-26-14-16/h6-10,12-14,17H,2-5,11H2,1H3,(H,23,24). The third kappa shape index (κ3) is 4.22. The summed E-state index contributed by atoms with van der Waals surface area (Å²) in [7, 11) is 1.67. The molecule has 140 valence electrons. The van der Waals surface area contributed by atoms with Crippen LogP contribution in [-0.2, 0) is 6.54 Å². The van der Waals surface area contributed by atoms with Crippen LogP contribution in [0, 0.1) is 0 Å². The molecule has 0 radical (unpaired) electrons. The normalized spacial score (nSPS) is 14.3. The maximum absolute atomic E-state index is 6.17. The van der Waals surface area contributed by atoms with Gasteiger partial charge in [-0.25, -0.2) is 4.98 Å². The predicted molar refractivity (Wildman–Crippen MR) is 103 cm³/mol. The molecule has 2 heterocycles. The molecule has 6 heteroatoms. The molecule has 1 aliphatic carbocycles. The lowest BCUT2D eigenvalue weighted by Gasteiger charge is -2.17. The van der Waals surface area contributed by atoms with Crippen molar-refractivity contribution >= 4 is 5.82 Å². The second kappa shape index (κ2) is 8.12. The highest BCUT2D eigenvalue weighted by Gasteiger charge is 2.18. The number of benzene rings is 1. The van der Waals surface area contributed by atoms with Gasteiger partial charge in [0.15, 0.2) is 11.5 Å². The van der Waals surface area contributed by atoms with Crippen LogP contribution in [0.15, 0.2) is 53.6 Å². The van der Waals surface area contributed by atoms with Crippen molar-refractivity contribution in [2.24, 2.45) is 0 Å². The van der Waals surface area contributed by atoms with E-state index in [0.717, 1.165) is 41.2 Å². The number of hydrogen-bond acceptors (Lipinski definition) is 6. The van der Waals surface area contributed by atoms with Crippen LogP contribution in [0.1, 0.15) is 31.2 Å². The first-order valence-electron chi connectivity index (χ1n) is 9.24. The zero-order valence-electron chi connectivity index (χ0n) is 15.4. The van der Waals surface area contributed by atoms with Gasteiger partial charge >= 0.3 is 0 Å². The molecule has 0 spiro atoms. The highest BCUT2D eigenvalue weighted by atomic mass is 16.5. The molecule has 6 nitrogen and oxygen atoms in total. The van der Waals surface area contributed by atoms with E-state index in [2.05, 4.69) is 15.3 Å². The molecule has 0 unspecified atom stereocenters. The topological polar surface area (TPSA) is 69.4 Å². The minimum Gasteiger partial charge on any atom is -0.493 e. The molecular formula is C21H23N3O3. The molecule has 0 saturated heterocycles. The van der Waals surface area contributed by atoms with Crippen molar-refractivity contribution < 1.29 is 13.9 Å². The molecule has 27 heavy (non-hydrogen) atoms. The lowest BCUT2D eigenvalue weighted by Crippen LogP contribution is -2.12. The SMILES string of the molecule is COc1ccc(CNc2cncc(-c3ccoc3)n2)cc1OC1CCCC1. The summed E-state index contributed by atoms with van der Waals surface area (Å²) in [4.78, 5) is 8.83. The van der Waals surface area contributed by atoms with E-state index in [1.165, 1.54) is 12.8 Å². The van der Waals surface area contributed by atoms with Crippen LogP contribution in [-0.4, -0.2) is 23.2 Å². The molecule has 0 bridgehead atoms. The monoisotopic (exact) mass is 365 g/mol. The van der Waals surface area contributed by atoms with Crippen LogP contribution in [0.5, 0.6) is 11.5 Å². The van der Waals surface area contributed by atoms with E-state index >= 15 is 0 Å². The van der Waals surface area contributed by atoms with Crippen LogP contribution in [0.2, 0.25) is 0 Å². The average Bonchev–Trinajstić information content (AvgIpc) is 3.41. The lowest BCUT2D eigenvalue weighted by atomic mass is 10.2. The fourth-order valence-electron chi connectivity index (χ4n) is 3.30. The third-order valence-corrected chi connectivity index (χ3v) is 4.75. The van der Waals surface area contributed by atoms with Crippen molar-refractivity contribution in [3.8, 4) is 22.8 Å². The Kier molecular flexibility index (Phi) is 5.23. The Morgan fingerprint density at radius 1 is 1.15 bits per heavy atom. The van der Waals surface area contributed by atoms with Crippen molar-refractivity contribution in [2.45, 2.75) is 38.3 Å². The Hall–Kier alpha value is -3.02. The van der Waals surface area contributed by atoms with Crippen molar-refractivity contribution in [3.63, 3.8) is 0 Å². The van der Waals surface area contributed by atoms with E-state index in [1.807, 2.05) is 24.3 Å². The van der Waals surface area contributed by atoms with E-state index in [0.29, 0.717) is 18.5 Å². The highest BCUT2D eigenvalue weighted by molar-refractivity contribution is 5.58. The smallest absolute Gasteiger partial charge is 0.161 e. The van der Waals surface area contributed by atoms with Gasteiger partial charge in [-0.2, -0.15) is 0 Å². The number of nitrogens with one attached hydrogen (secondary N) is 1. The summed E-state index contributed by atoms with van der Waals surface area (Å²) >= 11 is 0. The lowest BCUT2D eigenvalue weighted by molar-refractivity contribution is 0.200. The molecule has 1 aliphatic rings. The summed E-state index contributed by atoms with van der Waals surface area (Å²) in [6.07, 6.45) is 11.7. The Labute approximate surface area is 158 Å². The van der Waals surface area contributed by atoms with Crippen molar-refractivity contribution in [2.75, 3.05) is 12.4 Å². The predicted octanol–water partition coefficient (Wildman–Crippen LogP) is 4.68. The van der Waals surface area contributed by atoms with Crippen LogP contribution >= 0.6 is 0 Å². The van der Waals surface area contributed by atoms with Crippen molar-refractivity contribution in [3.05, 3.63) is 54.7 Å². The van der Waals surface area contributed by atoms with Crippen LogP contribution in [0.3, 0.4) is 0 Å². The Morgan fingerprint density at radius 3 is 2.81 bits per heavy atom. The minimum absolute atomic E-state index is 0.291. The van der Waals surface area contributed by atoms with E-state index in [1.54, 1.807) is 32.0 Å². The second-order valence-corrected chi connectivity index (χ2v) is 6.66. The zero-order valence-corrected chi connectivity index (χ0v) is 15.4. The molecule has 2 aromatic heterocycles. The number of ether oxygens (including phenoxy) is 2. The van der Waals surface area contributed by atoms with Gasteiger partial charge < -0.3 is 19.2 Å². The van der Waals surface area contributed by atoms with Gasteiger partial charge in [-0.15, -0.1) is 0 Å². The number of furan rings is 1. The highest BCUT2D eigenvalue weighted by Crippen LogP contribution is 2.32. The third-order valence-electron chi connectivity index (χ3n) is 4.75. The summed E-state index contributed by atoms with van der Waals surface area (Å²) in [5, 5.41) is 3.32. The molecule has 0 atom stereocenters. The van der Waals surface area contributed by atoms with Crippen LogP contribution in [0.4, 0.5) is 5.82 Å². The zero-order chi connectivity index (χ0) is 18.5. The molecule has 1 saturated carbocycles. The van der Waals surface area contributed by atoms with Crippen molar-refractivity contribution in [1.82, 2.24) is 9.97 Å². The van der Waals surface area contributed by atoms with Gasteiger partial charge in [-0.05, 0) is 49.4 Å². The van der Waals surface area contributed by atoms with Gasteiger partial charge in [0.1, 0.15) is 5.82 Å². The average molecular weight is 365 g/mol. The maximum Gasteiger partial charge on any atom is 0.161 e. The quantitative estimate of drug-likeness (QED) is 0.656. The van der Waals surface area contributed by atoms with Crippen molar-refractivity contribution in [1.29, 1.82) is 0 Å². The van der Waals surface area contributed by atoms with Crippen LogP contribution in [0.25, 0.3) is 11.3 Å². The first-order valence-corrected chi connectivity index (χ1v) is 9.24. The second-order valence-electron chi connectivity index (χ2n) is 6.66. The minimum atomic E-state index is 0.291. The first-order chi connectivity index (χ1) is 13.3. The fourth-order valence-corrected chi connectivity index (χ4v) is 3.30. The number of hydrogen-bond donors (Lipinski definition) is 1. The van der Waals surface area contributed by atoms with E-state index in [9.17, 15) is 0 Å². The molecule has 1 N–H and O–H groups in total. The summed E-state index contributed by atoms with van der Waals surface area (Å²) in [5.41, 5.74) is 2.77. The first kappa shape index (κ1) is 17.4. The number of anilines is 1. The molecule has 3 aromatic rings. The Balaban J connectivity index is 1.45. The van der Waals surface area contributed by atoms with E-state index in [4.69, 9.17) is 13.9 Å². The summed E-state index contributed by atoms with van der Waals surface area (Å²) in [6, 6.07) is 7.89. The number of nitrogens with zero attached hydrogens (tertiary/aromatic N) is 2. The molecule has 1 fully saturated rings. The molecule has 4 rings (SSSR count). The number of methoxy groups -OCH3 is 1. The molecule has 1 aromatic carbocycles. The molecule has 0 aliphatic heterocycles. The van der Waals surface area contributed by atoms with E-state index in [-0.39, 0.29) is 0 Å². The van der Waals surface area contributed by atoms with Gasteiger partial charge in [-0.1, -0.05) is 6.07 Å². The van der Waals surface area contributed by atoms with Gasteiger partial charge in [0.2, 0.25) is 0 Å². The Morgan fingerprint density at radius 2 is 2.04 bits per heavy atom. The number of rotatable bonds is 7. The fraction of sp³-hybridized carbons (Fsp3) is 0.333. The number of aromatic nitrogens is 2. The van der Waals surface area contributed by atoms with Gasteiger partial charge in [0.25, 0.3) is 0 Å². The van der Waals surface area contributed by atoms with Crippen LogP contribution < -0.4 is 14.8 Å². The van der Waals surface area contributed by atoms with E-state index < -0.39 is 0 Å². The maximum atomic E-state index is 6.17. The summed E-state index contributed by atoms with van der Waals surface area (Å²) < 4.78 is 16.7. The molecular weight excluding hydrogens is 342 g/mol. The summed E-state index contributed by atoms with van der Waals surface area (Å²) in [6.45, 7) is 0.620. The Bertz CT molecular complexity index is 874. The van der Waals surface area contributed by atoms with Gasteiger partial charge in [0, 0.05) is 12.1 Å². The van der Waals surface area contributed by atoms with Gasteiger partial charge in [0.05, 0.1) is 43.8 Å². The largest absolute Gasteiger partial charge is 0.493 e. The van der Waals surface area contributed by atoms with Gasteiger partial charge in [-0.3, -0.25) is 4.98 Å².